The third kappa shape index (κ3) is 17.0. The van der Waals surface area contributed by atoms with Gasteiger partial charge in [-0.3, -0.25) is 30.0 Å². The minimum Gasteiger partial charge on any atom is -0.872 e. The fourth-order valence-corrected chi connectivity index (χ4v) is 11.3. The predicted molar refractivity (Wildman–Crippen MR) is 391 cm³/mol. The second-order valence-electron chi connectivity index (χ2n) is 22.2. The number of nitrogens with zero attached hydrogens (tertiary/aromatic N) is 6. The van der Waals surface area contributed by atoms with Gasteiger partial charge in [0.05, 0.1) is 34.1 Å². The minimum atomic E-state index is -0.0832. The molecule has 0 bridgehead atoms. The van der Waals surface area contributed by atoms with Gasteiger partial charge >= 0.3 is 93.8 Å². The second-order valence-corrected chi connectivity index (χ2v) is 22.2. The van der Waals surface area contributed by atoms with Gasteiger partial charge in [0, 0.05) is 44.4 Å². The average molecular weight is 1620 g/mol. The van der Waals surface area contributed by atoms with Crippen LogP contribution in [0.15, 0.2) is 321 Å². The van der Waals surface area contributed by atoms with Crippen LogP contribution in [-0.2, 0) is 0 Å². The zero-order chi connectivity index (χ0) is 67.7. The fraction of sp³-hybridized carbons (Fsp3) is 0.0118. The maximum absolute atomic E-state index is 12.5. The molecule has 15 aromatic rings. The van der Waals surface area contributed by atoms with Crippen molar-refractivity contribution >= 4 is 136 Å². The number of aliphatic imine (C=N–C) groups is 6. The first-order valence-electron chi connectivity index (χ1n) is 31.2. The molecule has 0 amide bonds. The Morgan fingerprint density at radius 1 is 0.190 bits per heavy atom. The summed E-state index contributed by atoms with van der Waals surface area (Å²) in [6, 6.07) is 88.8. The van der Waals surface area contributed by atoms with E-state index in [9.17, 15) is 30.6 Å². The van der Waals surface area contributed by atoms with E-state index in [0.717, 1.165) is 71.7 Å². The Bertz CT molecular complexity index is 4730. The third-order valence-corrected chi connectivity index (χ3v) is 16.2. The van der Waals surface area contributed by atoms with E-state index in [1.54, 1.807) is 73.7 Å². The van der Waals surface area contributed by atoms with Crippen LogP contribution in [0, 0.1) is 93.8 Å². The molecule has 0 spiro atoms. The van der Waals surface area contributed by atoms with Gasteiger partial charge in [0.15, 0.2) is 0 Å². The Kier molecular flexibility index (Phi) is 25.3. The van der Waals surface area contributed by atoms with Crippen LogP contribution in [0.1, 0.15) is 33.4 Å². The zero-order valence-corrected chi connectivity index (χ0v) is 56.7. The molecular formula is C85H58N6O7Yb2. The van der Waals surface area contributed by atoms with Gasteiger partial charge in [0.2, 0.25) is 0 Å². The Labute approximate surface area is 654 Å². The van der Waals surface area contributed by atoms with Gasteiger partial charge in [0.25, 0.3) is 0 Å². The van der Waals surface area contributed by atoms with Crippen molar-refractivity contribution in [3.8, 4) is 34.5 Å². The maximum atomic E-state index is 12.5. The SMILES string of the molecule is CO.[O-]c1ccc2ccccc2c1C=Nc1ccccc1N=Cc1c([O-])ccc2ccccc12.[O-]c1ccc2ccccc2c1C=Nc1ccccc1N=Cc1c([O-])ccc2ccccc12.[O-]c1ccc2ccccc2c1C=Nc1ccccc1N=Cc1c([O-])ccc2ccccc12.[Yb+3].[Yb+3]. The first-order valence-corrected chi connectivity index (χ1v) is 31.2. The van der Waals surface area contributed by atoms with Crippen molar-refractivity contribution in [2.75, 3.05) is 7.11 Å². The fourth-order valence-electron chi connectivity index (χ4n) is 11.3. The number of fused-ring (bicyclic) bond motifs is 6. The van der Waals surface area contributed by atoms with Crippen molar-refractivity contribution in [2.45, 2.75) is 0 Å². The Balaban J connectivity index is 0.000000158. The molecule has 100 heavy (non-hydrogen) atoms. The number of aliphatic hydroxyl groups is 1. The standard InChI is InChI=1S/3C28H20N2O2.CH4O.2Yb/c3*31-27-15-13-19-7-1-3-9-21(19)23(27)17-29-25-11-5-6-12-26(25)30-18-24-22-10-4-2-8-20(22)14-16-28(24)32;1-2;;/h3*1-18,31-32H;2H,1H3;;/q;;;;2*+3/p-6. The first-order chi connectivity index (χ1) is 48.1. The number of rotatable bonds is 12. The molecule has 15 heteroatoms. The Hall–Kier alpha value is -10.3. The molecule has 0 aliphatic carbocycles. The number of benzene rings is 15. The van der Waals surface area contributed by atoms with Crippen molar-refractivity contribution in [3.05, 3.63) is 325 Å². The average Bonchev–Trinajstić information content (AvgIpc) is 0.838. The van der Waals surface area contributed by atoms with E-state index >= 15 is 0 Å². The molecule has 2 radical (unpaired) electrons. The molecule has 0 heterocycles. The molecule has 0 aliphatic heterocycles. The molecule has 0 atom stereocenters. The summed E-state index contributed by atoms with van der Waals surface area (Å²) in [5, 5.41) is 92.8. The van der Waals surface area contributed by atoms with Crippen LogP contribution in [0.4, 0.5) is 34.1 Å². The first kappa shape index (κ1) is 72.4. The quantitative estimate of drug-likeness (QED) is 0.116. The van der Waals surface area contributed by atoms with E-state index in [0.29, 0.717) is 67.5 Å². The Morgan fingerprint density at radius 3 is 0.470 bits per heavy atom. The third-order valence-electron chi connectivity index (χ3n) is 16.2. The van der Waals surface area contributed by atoms with Crippen LogP contribution in [0.3, 0.4) is 0 Å². The van der Waals surface area contributed by atoms with Crippen molar-refractivity contribution < 1.29 is 130 Å². The second kappa shape index (κ2) is 34.9. The Morgan fingerprint density at radius 2 is 0.320 bits per heavy atom. The maximum Gasteiger partial charge on any atom is 3.00 e. The predicted octanol–water partition coefficient (Wildman–Crippen LogP) is 16.5. The van der Waals surface area contributed by atoms with Gasteiger partial charge in [-0.1, -0.05) is 289 Å². The molecule has 0 fully saturated rings. The molecule has 498 valence electrons. The van der Waals surface area contributed by atoms with Gasteiger partial charge in [-0.2, -0.15) is 0 Å². The van der Waals surface area contributed by atoms with E-state index in [-0.39, 0.29) is 128 Å². The van der Waals surface area contributed by atoms with E-state index < -0.39 is 0 Å². The van der Waals surface area contributed by atoms with Crippen LogP contribution < -0.4 is 30.6 Å². The molecule has 13 nitrogen and oxygen atoms in total. The smallest absolute Gasteiger partial charge is 0.872 e. The van der Waals surface area contributed by atoms with Crippen molar-refractivity contribution in [2.24, 2.45) is 30.0 Å². The summed E-state index contributed by atoms with van der Waals surface area (Å²) in [5.41, 5.74) is 6.93. The summed E-state index contributed by atoms with van der Waals surface area (Å²) >= 11 is 0. The van der Waals surface area contributed by atoms with Crippen molar-refractivity contribution in [3.63, 3.8) is 0 Å². The van der Waals surface area contributed by atoms with Gasteiger partial charge in [-0.15, -0.1) is 0 Å². The summed E-state index contributed by atoms with van der Waals surface area (Å²) in [5.74, 6) is -0.499. The van der Waals surface area contributed by atoms with E-state index in [2.05, 4.69) is 30.0 Å². The summed E-state index contributed by atoms with van der Waals surface area (Å²) in [6.07, 6.45) is 9.56. The zero-order valence-electron chi connectivity index (χ0n) is 53.3. The molecule has 1 N–H and O–H groups in total. The molecule has 0 saturated carbocycles. The van der Waals surface area contributed by atoms with Crippen LogP contribution >= 0.6 is 0 Å². The van der Waals surface area contributed by atoms with Gasteiger partial charge in [0.1, 0.15) is 0 Å². The number of hydrogen-bond acceptors (Lipinski definition) is 13. The van der Waals surface area contributed by atoms with E-state index in [1.807, 2.05) is 255 Å². The molecule has 0 unspecified atom stereocenters. The van der Waals surface area contributed by atoms with Crippen LogP contribution in [0.2, 0.25) is 0 Å². The number of hydrogen-bond donors (Lipinski definition) is 1. The monoisotopic (exact) mass is 1620 g/mol. The van der Waals surface area contributed by atoms with Gasteiger partial charge < -0.3 is 35.7 Å². The van der Waals surface area contributed by atoms with Crippen LogP contribution in [-0.4, -0.2) is 49.5 Å². The molecule has 0 aromatic heterocycles. The van der Waals surface area contributed by atoms with Crippen molar-refractivity contribution in [1.29, 1.82) is 0 Å². The molecule has 0 aliphatic rings. The molecule has 15 rings (SSSR count). The van der Waals surface area contributed by atoms with Gasteiger partial charge in [-0.25, -0.2) is 0 Å². The minimum absolute atomic E-state index is 0. The normalized spacial score (nSPS) is 11.3. The van der Waals surface area contributed by atoms with E-state index in [1.165, 1.54) is 0 Å². The number of aliphatic hydroxyl groups excluding tert-OH is 1. The molecular weight excluding hydrogens is 1560 g/mol. The summed E-state index contributed by atoms with van der Waals surface area (Å²) < 4.78 is 0. The largest absolute Gasteiger partial charge is 3.00 e. The summed E-state index contributed by atoms with van der Waals surface area (Å²) in [6.45, 7) is 0. The summed E-state index contributed by atoms with van der Waals surface area (Å²) in [4.78, 5) is 27.4. The van der Waals surface area contributed by atoms with Crippen LogP contribution in [0.5, 0.6) is 34.5 Å². The number of para-hydroxylation sites is 6. The van der Waals surface area contributed by atoms with Gasteiger partial charge in [-0.05, 0) is 134 Å². The van der Waals surface area contributed by atoms with Crippen LogP contribution in [0.25, 0.3) is 64.6 Å². The van der Waals surface area contributed by atoms with E-state index in [4.69, 9.17) is 5.11 Å². The van der Waals surface area contributed by atoms with Crippen molar-refractivity contribution in [1.82, 2.24) is 0 Å². The molecule has 15 aromatic carbocycles. The topological polar surface area (TPSA) is 233 Å². The summed E-state index contributed by atoms with van der Waals surface area (Å²) in [7, 11) is 1.00. The molecule has 0 saturated heterocycles.